The molecule has 0 aliphatic carbocycles. The molecule has 1 unspecified atom stereocenters. The molecule has 2 aromatic rings. The van der Waals surface area contributed by atoms with Crippen LogP contribution < -0.4 is 0 Å². The van der Waals surface area contributed by atoms with Crippen molar-refractivity contribution in [1.29, 1.82) is 0 Å². The van der Waals surface area contributed by atoms with Crippen LogP contribution in [0.15, 0.2) is 54.6 Å². The molecule has 1 heterocycles. The van der Waals surface area contributed by atoms with Gasteiger partial charge < -0.3 is 14.7 Å². The van der Waals surface area contributed by atoms with E-state index in [1.165, 1.54) is 12.1 Å². The zero-order valence-electron chi connectivity index (χ0n) is 18.4. The van der Waals surface area contributed by atoms with Gasteiger partial charge in [-0.3, -0.25) is 4.79 Å². The largest absolute Gasteiger partial charge is 0.466 e. The molecular weight excluding hydrogens is 393 g/mol. The fourth-order valence-electron chi connectivity index (χ4n) is 4.62. The molecule has 31 heavy (non-hydrogen) atoms. The number of nitrogens with zero attached hydrogens (tertiary/aromatic N) is 1. The van der Waals surface area contributed by atoms with Crippen LogP contribution in [0.2, 0.25) is 0 Å². The number of ether oxygens (including phenoxy) is 1. The highest BCUT2D eigenvalue weighted by Crippen LogP contribution is 2.42. The van der Waals surface area contributed by atoms with E-state index in [4.69, 9.17) is 4.74 Å². The number of rotatable bonds is 10. The molecule has 0 amide bonds. The fourth-order valence-corrected chi connectivity index (χ4v) is 4.62. The lowest BCUT2D eigenvalue weighted by atomic mass is 9.72. The third-order valence-corrected chi connectivity index (χ3v) is 6.34. The summed E-state index contributed by atoms with van der Waals surface area (Å²) in [6, 6.07) is 16.0. The minimum Gasteiger partial charge on any atom is -0.466 e. The van der Waals surface area contributed by atoms with Crippen LogP contribution in [0.3, 0.4) is 0 Å². The molecule has 1 fully saturated rings. The topological polar surface area (TPSA) is 49.8 Å². The molecular formula is C26H34FNO3. The van der Waals surface area contributed by atoms with E-state index in [2.05, 4.69) is 4.90 Å². The summed E-state index contributed by atoms with van der Waals surface area (Å²) < 4.78 is 18.5. The number of carbonyl (C=O) groups is 1. The summed E-state index contributed by atoms with van der Waals surface area (Å²) in [6.07, 6.45) is 5.20. The lowest BCUT2D eigenvalue weighted by molar-refractivity contribution is -0.143. The van der Waals surface area contributed by atoms with E-state index in [-0.39, 0.29) is 17.7 Å². The molecule has 168 valence electrons. The van der Waals surface area contributed by atoms with Crippen molar-refractivity contribution in [2.75, 3.05) is 26.2 Å². The van der Waals surface area contributed by atoms with Crippen molar-refractivity contribution >= 4 is 5.97 Å². The molecule has 0 bridgehead atoms. The molecule has 1 aliphatic heterocycles. The highest BCUT2D eigenvalue weighted by atomic mass is 19.1. The summed E-state index contributed by atoms with van der Waals surface area (Å²) in [7, 11) is 0. The summed E-state index contributed by atoms with van der Waals surface area (Å²) in [5.41, 5.74) is 0.484. The minimum atomic E-state index is -1.12. The van der Waals surface area contributed by atoms with Crippen LogP contribution in [-0.2, 0) is 15.1 Å². The van der Waals surface area contributed by atoms with E-state index in [0.29, 0.717) is 13.0 Å². The number of esters is 1. The van der Waals surface area contributed by atoms with Gasteiger partial charge in [-0.1, -0.05) is 48.9 Å². The standard InChI is InChI=1S/C26H34FNO3/c1-2-31-25(29)11-7-4-8-18-28-19-16-23(17-20-28)26(30,21-9-5-3-6-10-21)22-12-14-24(27)15-13-22/h3,5-6,9-10,12-15,23,30H,2,4,7-8,11,16-20H2,1H3. The number of unbranched alkanes of at least 4 members (excludes halogenated alkanes) is 2. The number of aliphatic hydroxyl groups is 1. The average Bonchev–Trinajstić information content (AvgIpc) is 2.80. The first-order valence-electron chi connectivity index (χ1n) is 11.5. The molecule has 0 aromatic heterocycles. The van der Waals surface area contributed by atoms with Crippen LogP contribution in [0.1, 0.15) is 56.6 Å². The Morgan fingerprint density at radius 3 is 2.32 bits per heavy atom. The van der Waals surface area contributed by atoms with E-state index in [1.54, 1.807) is 12.1 Å². The van der Waals surface area contributed by atoms with Crippen LogP contribution in [0.4, 0.5) is 4.39 Å². The smallest absolute Gasteiger partial charge is 0.305 e. The lowest BCUT2D eigenvalue weighted by Crippen LogP contribution is -2.44. The van der Waals surface area contributed by atoms with Crippen LogP contribution >= 0.6 is 0 Å². The molecule has 0 saturated carbocycles. The first-order valence-corrected chi connectivity index (χ1v) is 11.5. The maximum atomic E-state index is 13.5. The van der Waals surface area contributed by atoms with Gasteiger partial charge in [0.05, 0.1) is 6.61 Å². The maximum absolute atomic E-state index is 13.5. The van der Waals surface area contributed by atoms with Gasteiger partial charge in [0.25, 0.3) is 0 Å². The Balaban J connectivity index is 1.56. The van der Waals surface area contributed by atoms with E-state index >= 15 is 0 Å². The van der Waals surface area contributed by atoms with Crippen molar-refractivity contribution in [2.24, 2.45) is 5.92 Å². The summed E-state index contributed by atoms with van der Waals surface area (Å²) in [5.74, 6) is -0.332. The van der Waals surface area contributed by atoms with E-state index in [9.17, 15) is 14.3 Å². The molecule has 4 nitrogen and oxygen atoms in total. The van der Waals surface area contributed by atoms with Crippen molar-refractivity contribution in [1.82, 2.24) is 4.90 Å². The monoisotopic (exact) mass is 427 g/mol. The third kappa shape index (κ3) is 6.14. The van der Waals surface area contributed by atoms with E-state index < -0.39 is 5.60 Å². The van der Waals surface area contributed by atoms with Gasteiger partial charge in [-0.2, -0.15) is 0 Å². The molecule has 5 heteroatoms. The second kappa shape index (κ2) is 11.4. The molecule has 3 rings (SSSR count). The Morgan fingerprint density at radius 2 is 1.68 bits per heavy atom. The number of halogens is 1. The molecule has 1 aliphatic rings. The first-order chi connectivity index (χ1) is 15.0. The van der Waals surface area contributed by atoms with Gasteiger partial charge in [-0.25, -0.2) is 4.39 Å². The van der Waals surface area contributed by atoms with Gasteiger partial charge in [-0.15, -0.1) is 0 Å². The quantitative estimate of drug-likeness (QED) is 0.433. The van der Waals surface area contributed by atoms with Crippen molar-refractivity contribution < 1.29 is 19.0 Å². The Morgan fingerprint density at radius 1 is 1.03 bits per heavy atom. The van der Waals surface area contributed by atoms with Crippen molar-refractivity contribution in [3.05, 3.63) is 71.5 Å². The highest BCUT2D eigenvalue weighted by Gasteiger charge is 2.41. The average molecular weight is 428 g/mol. The second-order valence-electron chi connectivity index (χ2n) is 8.37. The number of hydrogen-bond donors (Lipinski definition) is 1. The van der Waals surface area contributed by atoms with Gasteiger partial charge in [-0.05, 0) is 81.4 Å². The Bertz CT molecular complexity index is 803. The number of carbonyl (C=O) groups excluding carboxylic acids is 1. The highest BCUT2D eigenvalue weighted by molar-refractivity contribution is 5.69. The Kier molecular flexibility index (Phi) is 8.61. The SMILES string of the molecule is CCOC(=O)CCCCCN1CCC(C(O)(c2ccccc2)c2ccc(F)cc2)CC1. The first kappa shape index (κ1) is 23.4. The molecule has 2 aromatic carbocycles. The van der Waals surface area contributed by atoms with Crippen LogP contribution in [-0.4, -0.2) is 42.2 Å². The van der Waals surface area contributed by atoms with Gasteiger partial charge in [0.15, 0.2) is 0 Å². The van der Waals surface area contributed by atoms with E-state index in [0.717, 1.165) is 62.9 Å². The lowest BCUT2D eigenvalue weighted by Gasteiger charge is -2.42. The van der Waals surface area contributed by atoms with Crippen LogP contribution in [0.25, 0.3) is 0 Å². The Hall–Kier alpha value is -2.24. The summed E-state index contributed by atoms with van der Waals surface area (Å²) in [6.45, 7) is 5.14. The number of likely N-dealkylation sites (tertiary alicyclic amines) is 1. The van der Waals surface area contributed by atoms with Crippen molar-refractivity contribution in [3.8, 4) is 0 Å². The predicted octanol–water partition coefficient (Wildman–Crippen LogP) is 4.90. The van der Waals surface area contributed by atoms with Crippen molar-refractivity contribution in [2.45, 2.75) is 51.0 Å². The Labute approximate surface area is 185 Å². The molecule has 1 N–H and O–H groups in total. The number of benzene rings is 2. The summed E-state index contributed by atoms with van der Waals surface area (Å²) in [4.78, 5) is 13.9. The summed E-state index contributed by atoms with van der Waals surface area (Å²) >= 11 is 0. The number of hydrogen-bond acceptors (Lipinski definition) is 4. The van der Waals surface area contributed by atoms with Gasteiger partial charge in [0.1, 0.15) is 11.4 Å². The normalized spacial score (nSPS) is 17.3. The van der Waals surface area contributed by atoms with Crippen LogP contribution in [0.5, 0.6) is 0 Å². The predicted molar refractivity (Wildman–Crippen MR) is 120 cm³/mol. The molecule has 1 saturated heterocycles. The van der Waals surface area contributed by atoms with Gasteiger partial charge in [0.2, 0.25) is 0 Å². The molecule has 0 radical (unpaired) electrons. The van der Waals surface area contributed by atoms with E-state index in [1.807, 2.05) is 37.3 Å². The minimum absolute atomic E-state index is 0.0698. The van der Waals surface area contributed by atoms with Crippen LogP contribution in [0, 0.1) is 11.7 Å². The fraction of sp³-hybridized carbons (Fsp3) is 0.500. The zero-order valence-corrected chi connectivity index (χ0v) is 18.4. The zero-order chi connectivity index (χ0) is 22.1. The third-order valence-electron chi connectivity index (χ3n) is 6.34. The molecule has 1 atom stereocenters. The second-order valence-corrected chi connectivity index (χ2v) is 8.37. The van der Waals surface area contributed by atoms with Gasteiger partial charge >= 0.3 is 5.97 Å². The number of piperidine rings is 1. The van der Waals surface area contributed by atoms with Crippen molar-refractivity contribution in [3.63, 3.8) is 0 Å². The maximum Gasteiger partial charge on any atom is 0.305 e. The summed E-state index contributed by atoms with van der Waals surface area (Å²) in [5, 5.41) is 11.9. The van der Waals surface area contributed by atoms with Gasteiger partial charge in [0, 0.05) is 6.42 Å². The molecule has 0 spiro atoms.